The third-order valence-electron chi connectivity index (χ3n) is 5.01. The number of carbonyl (C=O) groups excluding carboxylic acids is 2. The van der Waals surface area contributed by atoms with Crippen molar-refractivity contribution in [1.82, 2.24) is 9.55 Å². The van der Waals surface area contributed by atoms with Gasteiger partial charge in [-0.3, -0.25) is 14.9 Å². The average molecular weight is 546 g/mol. The molecular weight excluding hydrogens is 522 g/mol. The number of carbonyl (C=O) groups is 2. The second-order valence-corrected chi connectivity index (χ2v) is 10.0. The SMILES string of the molecule is CCOC(=O)Cc1nc(NC(=O)c2cc(CC(C)C)cn2Cc2ccc(F)c(C(F)(F)F)c2)sc1Cl. The van der Waals surface area contributed by atoms with E-state index in [0.29, 0.717) is 6.42 Å². The highest BCUT2D eigenvalue weighted by Gasteiger charge is 2.34. The van der Waals surface area contributed by atoms with Gasteiger partial charge < -0.3 is 9.30 Å². The lowest BCUT2D eigenvalue weighted by Crippen LogP contribution is -2.17. The first-order valence-corrected chi connectivity index (χ1v) is 12.2. The van der Waals surface area contributed by atoms with Crippen molar-refractivity contribution in [3.63, 3.8) is 0 Å². The summed E-state index contributed by atoms with van der Waals surface area (Å²) < 4.78 is 59.8. The van der Waals surface area contributed by atoms with Crippen LogP contribution in [0.5, 0.6) is 0 Å². The Kier molecular flexibility index (Phi) is 8.78. The van der Waals surface area contributed by atoms with Crippen LogP contribution in [0.25, 0.3) is 0 Å². The number of anilines is 1. The van der Waals surface area contributed by atoms with Gasteiger partial charge in [-0.1, -0.05) is 42.9 Å². The molecule has 36 heavy (non-hydrogen) atoms. The van der Waals surface area contributed by atoms with E-state index in [1.54, 1.807) is 19.2 Å². The summed E-state index contributed by atoms with van der Waals surface area (Å²) >= 11 is 7.12. The molecule has 0 bridgehead atoms. The Morgan fingerprint density at radius 1 is 1.22 bits per heavy atom. The van der Waals surface area contributed by atoms with E-state index in [4.69, 9.17) is 16.3 Å². The van der Waals surface area contributed by atoms with Crippen molar-refractivity contribution in [2.24, 2.45) is 5.92 Å². The highest BCUT2D eigenvalue weighted by Crippen LogP contribution is 2.32. The molecule has 2 heterocycles. The van der Waals surface area contributed by atoms with Gasteiger partial charge in [-0.25, -0.2) is 9.37 Å². The molecule has 0 atom stereocenters. The molecule has 0 aliphatic rings. The fourth-order valence-electron chi connectivity index (χ4n) is 3.57. The number of alkyl halides is 3. The van der Waals surface area contributed by atoms with Gasteiger partial charge in [0.15, 0.2) is 5.13 Å². The van der Waals surface area contributed by atoms with Crippen LogP contribution in [0.3, 0.4) is 0 Å². The van der Waals surface area contributed by atoms with Crippen LogP contribution in [0, 0.1) is 11.7 Å². The summed E-state index contributed by atoms with van der Waals surface area (Å²) in [4.78, 5) is 29.0. The topological polar surface area (TPSA) is 73.2 Å². The molecule has 0 radical (unpaired) electrons. The predicted octanol–water partition coefficient (Wildman–Crippen LogP) is 6.36. The number of aromatic nitrogens is 2. The second-order valence-electron chi connectivity index (χ2n) is 8.45. The quantitative estimate of drug-likeness (QED) is 0.251. The summed E-state index contributed by atoms with van der Waals surface area (Å²) in [6.45, 7) is 5.78. The lowest BCUT2D eigenvalue weighted by Gasteiger charge is -2.12. The van der Waals surface area contributed by atoms with Gasteiger partial charge in [0.05, 0.1) is 24.3 Å². The number of hydrogen-bond acceptors (Lipinski definition) is 5. The smallest absolute Gasteiger partial charge is 0.419 e. The summed E-state index contributed by atoms with van der Waals surface area (Å²) in [6.07, 6.45) is -2.67. The minimum atomic E-state index is -4.84. The molecule has 6 nitrogen and oxygen atoms in total. The summed E-state index contributed by atoms with van der Waals surface area (Å²) in [5.74, 6) is -2.16. The Hall–Kier alpha value is -2.92. The number of amides is 1. The number of benzene rings is 1. The number of esters is 1. The molecule has 0 aliphatic heterocycles. The molecule has 12 heteroatoms. The lowest BCUT2D eigenvalue weighted by atomic mass is 10.1. The van der Waals surface area contributed by atoms with Crippen LogP contribution in [0.1, 0.15) is 53.6 Å². The first-order valence-electron chi connectivity index (χ1n) is 11.0. The Morgan fingerprint density at radius 2 is 1.94 bits per heavy atom. The Morgan fingerprint density at radius 3 is 2.58 bits per heavy atom. The van der Waals surface area contributed by atoms with Gasteiger partial charge in [-0.05, 0) is 48.6 Å². The third kappa shape index (κ3) is 7.07. The van der Waals surface area contributed by atoms with Gasteiger partial charge in [0.1, 0.15) is 15.8 Å². The Labute approximate surface area is 214 Å². The molecule has 0 unspecified atom stereocenters. The highest BCUT2D eigenvalue weighted by molar-refractivity contribution is 7.19. The van der Waals surface area contributed by atoms with Crippen LogP contribution < -0.4 is 5.32 Å². The molecule has 0 saturated heterocycles. The van der Waals surface area contributed by atoms with Crippen LogP contribution in [0.15, 0.2) is 30.5 Å². The maximum atomic E-state index is 13.7. The van der Waals surface area contributed by atoms with Gasteiger partial charge in [-0.15, -0.1) is 0 Å². The molecule has 2 aromatic heterocycles. The molecular formula is C24H24ClF4N3O3S. The molecule has 0 saturated carbocycles. The predicted molar refractivity (Wildman–Crippen MR) is 129 cm³/mol. The molecule has 3 rings (SSSR count). The fraction of sp³-hybridized carbons (Fsp3) is 0.375. The molecule has 1 N–H and O–H groups in total. The maximum Gasteiger partial charge on any atom is 0.419 e. The first-order chi connectivity index (χ1) is 16.9. The van der Waals surface area contributed by atoms with Crippen molar-refractivity contribution in [2.45, 2.75) is 46.3 Å². The second kappa shape index (κ2) is 11.4. The van der Waals surface area contributed by atoms with E-state index in [1.807, 2.05) is 13.8 Å². The van der Waals surface area contributed by atoms with Crippen molar-refractivity contribution in [1.29, 1.82) is 0 Å². The number of nitrogens with zero attached hydrogens (tertiary/aromatic N) is 2. The molecule has 194 valence electrons. The minimum Gasteiger partial charge on any atom is -0.466 e. The third-order valence-corrected chi connectivity index (χ3v) is 6.26. The van der Waals surface area contributed by atoms with Crippen LogP contribution >= 0.6 is 22.9 Å². The normalized spacial score (nSPS) is 11.7. The zero-order chi connectivity index (χ0) is 26.6. The van der Waals surface area contributed by atoms with Gasteiger partial charge in [0, 0.05) is 12.7 Å². The van der Waals surface area contributed by atoms with Crippen LogP contribution in [0.4, 0.5) is 22.7 Å². The van der Waals surface area contributed by atoms with Crippen molar-refractivity contribution in [3.8, 4) is 0 Å². The first kappa shape index (κ1) is 27.7. The highest BCUT2D eigenvalue weighted by atomic mass is 35.5. The Balaban J connectivity index is 1.87. The summed E-state index contributed by atoms with van der Waals surface area (Å²) in [5.41, 5.74) is 0.0678. The number of hydrogen-bond donors (Lipinski definition) is 1. The monoisotopic (exact) mass is 545 g/mol. The Bertz CT molecular complexity index is 1250. The van der Waals surface area contributed by atoms with E-state index >= 15 is 0 Å². The minimum absolute atomic E-state index is 0.0864. The number of halogens is 5. The van der Waals surface area contributed by atoms with E-state index in [1.165, 1.54) is 10.6 Å². The zero-order valence-corrected chi connectivity index (χ0v) is 21.3. The van der Waals surface area contributed by atoms with Gasteiger partial charge >= 0.3 is 12.1 Å². The molecule has 3 aromatic rings. The number of nitrogens with one attached hydrogen (secondary N) is 1. The van der Waals surface area contributed by atoms with E-state index in [0.717, 1.165) is 29.0 Å². The van der Waals surface area contributed by atoms with Gasteiger partial charge in [-0.2, -0.15) is 13.2 Å². The van der Waals surface area contributed by atoms with Crippen molar-refractivity contribution in [3.05, 3.63) is 68.7 Å². The fourth-order valence-corrected chi connectivity index (χ4v) is 4.60. The number of ether oxygens (including phenoxy) is 1. The zero-order valence-electron chi connectivity index (χ0n) is 19.7. The molecule has 0 spiro atoms. The van der Waals surface area contributed by atoms with E-state index in [-0.39, 0.29) is 51.9 Å². The lowest BCUT2D eigenvalue weighted by molar-refractivity contribution is -0.142. The van der Waals surface area contributed by atoms with Crippen molar-refractivity contribution < 1.29 is 31.9 Å². The van der Waals surface area contributed by atoms with E-state index < -0.39 is 29.4 Å². The molecule has 0 fully saturated rings. The van der Waals surface area contributed by atoms with Crippen molar-refractivity contribution in [2.75, 3.05) is 11.9 Å². The van der Waals surface area contributed by atoms with Crippen LogP contribution in [0.2, 0.25) is 4.34 Å². The maximum absolute atomic E-state index is 13.7. The average Bonchev–Trinajstić information content (AvgIpc) is 3.30. The van der Waals surface area contributed by atoms with E-state index in [9.17, 15) is 27.2 Å². The summed E-state index contributed by atoms with van der Waals surface area (Å²) in [6, 6.07) is 4.40. The van der Waals surface area contributed by atoms with E-state index in [2.05, 4.69) is 10.3 Å². The summed E-state index contributed by atoms with van der Waals surface area (Å²) in [7, 11) is 0. The van der Waals surface area contributed by atoms with Crippen LogP contribution in [-0.2, 0) is 35.1 Å². The van der Waals surface area contributed by atoms with Gasteiger partial charge in [0.25, 0.3) is 5.91 Å². The van der Waals surface area contributed by atoms with Crippen LogP contribution in [-0.4, -0.2) is 28.0 Å². The molecule has 1 amide bonds. The summed E-state index contributed by atoms with van der Waals surface area (Å²) in [5, 5.41) is 2.79. The molecule has 1 aromatic carbocycles. The largest absolute Gasteiger partial charge is 0.466 e. The van der Waals surface area contributed by atoms with Gasteiger partial charge in [0.2, 0.25) is 0 Å². The number of rotatable bonds is 9. The van der Waals surface area contributed by atoms with Crippen molar-refractivity contribution >= 4 is 39.9 Å². The molecule has 0 aliphatic carbocycles. The standard InChI is InChI=1S/C24H24ClF4N3O3S/c1-4-35-20(33)10-18-21(25)36-23(30-18)31-22(34)19-9-15(7-13(2)3)12-32(19)11-14-5-6-17(26)16(8-14)24(27,28)29/h5-6,8-9,12-13H,4,7,10-11H2,1-3H3,(H,30,31,34). The number of thiazole rings is 1.